The number of carboxylic acid groups (broad SMARTS) is 1. The predicted molar refractivity (Wildman–Crippen MR) is 111 cm³/mol. The van der Waals surface area contributed by atoms with E-state index in [0.717, 1.165) is 10.5 Å². The SMILES string of the molecule is Cc1cccc(N2C(=O)NC(=O)/C(=C/c3ccc(-c4ccc(C(=O)O)cc4)o3)C2=O)c1. The van der Waals surface area contributed by atoms with Gasteiger partial charge in [-0.05, 0) is 55.0 Å². The molecule has 1 aromatic heterocycles. The van der Waals surface area contributed by atoms with Crippen LogP contribution in [0.5, 0.6) is 0 Å². The number of rotatable bonds is 4. The van der Waals surface area contributed by atoms with Gasteiger partial charge < -0.3 is 9.52 Å². The van der Waals surface area contributed by atoms with Gasteiger partial charge >= 0.3 is 12.0 Å². The van der Waals surface area contributed by atoms with Crippen LogP contribution in [0.3, 0.4) is 0 Å². The van der Waals surface area contributed by atoms with Crippen molar-refractivity contribution in [2.75, 3.05) is 4.90 Å². The second-order valence-corrected chi connectivity index (χ2v) is 6.88. The summed E-state index contributed by atoms with van der Waals surface area (Å²) in [5.74, 6) is -1.95. The summed E-state index contributed by atoms with van der Waals surface area (Å²) < 4.78 is 5.70. The van der Waals surface area contributed by atoms with E-state index in [1.54, 1.807) is 42.5 Å². The first-order valence-electron chi connectivity index (χ1n) is 9.25. The van der Waals surface area contributed by atoms with Gasteiger partial charge in [0.1, 0.15) is 17.1 Å². The zero-order valence-electron chi connectivity index (χ0n) is 16.3. The number of imide groups is 2. The molecular formula is C23H16N2O6. The van der Waals surface area contributed by atoms with Crippen LogP contribution in [0.15, 0.2) is 70.7 Å². The van der Waals surface area contributed by atoms with Crippen LogP contribution in [-0.4, -0.2) is 28.9 Å². The Labute approximate surface area is 176 Å². The summed E-state index contributed by atoms with van der Waals surface area (Å²) in [6.07, 6.45) is 1.27. The zero-order valence-corrected chi connectivity index (χ0v) is 16.3. The van der Waals surface area contributed by atoms with Crippen LogP contribution in [0.2, 0.25) is 0 Å². The number of urea groups is 1. The number of furan rings is 1. The lowest BCUT2D eigenvalue weighted by Gasteiger charge is -2.26. The fourth-order valence-electron chi connectivity index (χ4n) is 3.16. The Morgan fingerprint density at radius 3 is 2.45 bits per heavy atom. The van der Waals surface area contributed by atoms with Crippen molar-refractivity contribution in [2.45, 2.75) is 6.92 Å². The molecule has 2 aromatic carbocycles. The monoisotopic (exact) mass is 416 g/mol. The molecule has 0 saturated carbocycles. The summed E-state index contributed by atoms with van der Waals surface area (Å²) in [7, 11) is 0. The molecule has 0 aliphatic carbocycles. The largest absolute Gasteiger partial charge is 0.478 e. The molecule has 31 heavy (non-hydrogen) atoms. The zero-order chi connectivity index (χ0) is 22.1. The Morgan fingerprint density at radius 1 is 1.03 bits per heavy atom. The van der Waals surface area contributed by atoms with Gasteiger partial charge in [-0.15, -0.1) is 0 Å². The van der Waals surface area contributed by atoms with Crippen LogP contribution >= 0.6 is 0 Å². The molecule has 3 aromatic rings. The van der Waals surface area contributed by atoms with Crippen LogP contribution in [0.25, 0.3) is 17.4 Å². The number of nitrogens with one attached hydrogen (secondary N) is 1. The molecule has 2 heterocycles. The van der Waals surface area contributed by atoms with E-state index in [-0.39, 0.29) is 16.9 Å². The molecular weight excluding hydrogens is 400 g/mol. The minimum absolute atomic E-state index is 0.142. The lowest BCUT2D eigenvalue weighted by Crippen LogP contribution is -2.54. The highest BCUT2D eigenvalue weighted by Gasteiger charge is 2.37. The van der Waals surface area contributed by atoms with Gasteiger partial charge in [-0.3, -0.25) is 14.9 Å². The van der Waals surface area contributed by atoms with Crippen LogP contribution in [0.1, 0.15) is 21.7 Å². The van der Waals surface area contributed by atoms with Gasteiger partial charge in [-0.1, -0.05) is 24.3 Å². The van der Waals surface area contributed by atoms with Crippen molar-refractivity contribution in [3.8, 4) is 11.3 Å². The topological polar surface area (TPSA) is 117 Å². The third kappa shape index (κ3) is 3.86. The van der Waals surface area contributed by atoms with Crippen LogP contribution in [0, 0.1) is 6.92 Å². The fourth-order valence-corrected chi connectivity index (χ4v) is 3.16. The van der Waals surface area contributed by atoms with Crippen molar-refractivity contribution < 1.29 is 28.7 Å². The maximum atomic E-state index is 12.9. The molecule has 0 spiro atoms. The van der Waals surface area contributed by atoms with Gasteiger partial charge in [0.05, 0.1) is 11.3 Å². The molecule has 0 unspecified atom stereocenters. The number of carboxylic acids is 1. The highest BCUT2D eigenvalue weighted by Crippen LogP contribution is 2.26. The Morgan fingerprint density at radius 2 is 1.77 bits per heavy atom. The van der Waals surface area contributed by atoms with Gasteiger partial charge in [0.15, 0.2) is 0 Å². The number of carbonyl (C=O) groups excluding carboxylic acids is 3. The molecule has 8 nitrogen and oxygen atoms in total. The number of aromatic carboxylic acids is 1. The lowest BCUT2D eigenvalue weighted by atomic mass is 10.1. The minimum atomic E-state index is -1.04. The third-order valence-electron chi connectivity index (χ3n) is 4.69. The molecule has 2 N–H and O–H groups in total. The summed E-state index contributed by atoms with van der Waals surface area (Å²) in [6.45, 7) is 1.82. The number of hydrogen-bond donors (Lipinski definition) is 2. The Balaban J connectivity index is 1.64. The molecule has 0 radical (unpaired) electrons. The molecule has 154 valence electrons. The number of nitrogens with zero attached hydrogens (tertiary/aromatic N) is 1. The highest BCUT2D eigenvalue weighted by atomic mass is 16.4. The first-order valence-corrected chi connectivity index (χ1v) is 9.25. The molecule has 1 aliphatic heterocycles. The molecule has 8 heteroatoms. The molecule has 0 atom stereocenters. The third-order valence-corrected chi connectivity index (χ3v) is 4.69. The standard InChI is InChI=1S/C23H16N2O6/c1-13-3-2-4-16(11-13)25-21(27)18(20(26)24-23(25)30)12-17-9-10-19(31-17)14-5-7-15(8-6-14)22(28)29/h2-12H,1H3,(H,28,29)(H,24,26,30)/b18-12-. The van der Waals surface area contributed by atoms with E-state index >= 15 is 0 Å². The van der Waals surface area contributed by atoms with Crippen molar-refractivity contribution in [1.82, 2.24) is 5.32 Å². The smallest absolute Gasteiger partial charge is 0.335 e. The second-order valence-electron chi connectivity index (χ2n) is 6.88. The lowest BCUT2D eigenvalue weighted by molar-refractivity contribution is -0.122. The Kier molecular flexibility index (Phi) is 4.96. The Bertz CT molecular complexity index is 1250. The predicted octanol–water partition coefficient (Wildman–Crippen LogP) is 3.62. The van der Waals surface area contributed by atoms with Crippen LogP contribution in [-0.2, 0) is 9.59 Å². The number of anilines is 1. The van der Waals surface area contributed by atoms with E-state index in [4.69, 9.17) is 9.52 Å². The van der Waals surface area contributed by atoms with Crippen molar-refractivity contribution in [1.29, 1.82) is 0 Å². The van der Waals surface area contributed by atoms with Gasteiger partial charge in [-0.25, -0.2) is 14.5 Å². The van der Waals surface area contributed by atoms with E-state index in [1.807, 2.05) is 13.0 Å². The molecule has 1 fully saturated rings. The molecule has 4 amide bonds. The average Bonchev–Trinajstić information content (AvgIpc) is 3.20. The van der Waals surface area contributed by atoms with Gasteiger partial charge in [0, 0.05) is 5.56 Å². The van der Waals surface area contributed by atoms with Gasteiger partial charge in [0.2, 0.25) is 0 Å². The molecule has 1 aliphatic rings. The maximum absolute atomic E-state index is 12.9. The van der Waals surface area contributed by atoms with E-state index in [9.17, 15) is 19.2 Å². The number of barbiturate groups is 1. The molecule has 1 saturated heterocycles. The van der Waals surface area contributed by atoms with E-state index < -0.39 is 23.8 Å². The Hall–Kier alpha value is -4.46. The van der Waals surface area contributed by atoms with Crippen LogP contribution in [0.4, 0.5) is 10.5 Å². The summed E-state index contributed by atoms with van der Waals surface area (Å²) in [5, 5.41) is 11.2. The number of hydrogen-bond acceptors (Lipinski definition) is 5. The first kappa shape index (κ1) is 19.8. The molecule has 0 bridgehead atoms. The minimum Gasteiger partial charge on any atom is -0.478 e. The van der Waals surface area contributed by atoms with Crippen LogP contribution < -0.4 is 10.2 Å². The van der Waals surface area contributed by atoms with Crippen molar-refractivity contribution in [2.24, 2.45) is 0 Å². The van der Waals surface area contributed by atoms with Gasteiger partial charge in [0.25, 0.3) is 11.8 Å². The average molecular weight is 416 g/mol. The quantitative estimate of drug-likeness (QED) is 0.496. The van der Waals surface area contributed by atoms with E-state index in [0.29, 0.717) is 17.0 Å². The van der Waals surface area contributed by atoms with Crippen molar-refractivity contribution in [3.63, 3.8) is 0 Å². The summed E-state index contributed by atoms with van der Waals surface area (Å²) >= 11 is 0. The van der Waals surface area contributed by atoms with Gasteiger partial charge in [-0.2, -0.15) is 0 Å². The fraction of sp³-hybridized carbons (Fsp3) is 0.0435. The van der Waals surface area contributed by atoms with Crippen molar-refractivity contribution >= 4 is 35.6 Å². The summed E-state index contributed by atoms with van der Waals surface area (Å²) in [6, 6.07) is 15.3. The number of amides is 4. The summed E-state index contributed by atoms with van der Waals surface area (Å²) in [4.78, 5) is 49.4. The highest BCUT2D eigenvalue weighted by molar-refractivity contribution is 6.39. The van der Waals surface area contributed by atoms with E-state index in [1.165, 1.54) is 18.2 Å². The van der Waals surface area contributed by atoms with E-state index in [2.05, 4.69) is 5.32 Å². The maximum Gasteiger partial charge on any atom is 0.335 e. The normalized spacial score (nSPS) is 15.3. The number of benzene rings is 2. The number of carbonyl (C=O) groups is 4. The second kappa shape index (κ2) is 7.75. The number of aryl methyl sites for hydroxylation is 1. The molecule has 4 rings (SSSR count). The van der Waals surface area contributed by atoms with Crippen molar-refractivity contribution in [3.05, 3.63) is 83.1 Å². The first-order chi connectivity index (χ1) is 14.8. The summed E-state index contributed by atoms with van der Waals surface area (Å²) in [5.41, 5.74) is 1.72.